The maximum atomic E-state index is 12.8. The van der Waals surface area contributed by atoms with Gasteiger partial charge in [0.25, 0.3) is 0 Å². The summed E-state index contributed by atoms with van der Waals surface area (Å²) in [6.07, 6.45) is 5.61. The number of ketones is 2. The molecule has 5 rings (SSSR count). The van der Waals surface area contributed by atoms with Gasteiger partial charge >= 0.3 is 11.9 Å². The number of carbonyl (C=O) groups is 4. The summed E-state index contributed by atoms with van der Waals surface area (Å²) in [7, 11) is 0. The summed E-state index contributed by atoms with van der Waals surface area (Å²) in [6.45, 7) is 13.0. The molecule has 0 spiro atoms. The number of fused-ring (bicyclic) bond motifs is 3. The third-order valence-corrected chi connectivity index (χ3v) is 9.43. The highest BCUT2D eigenvalue weighted by Crippen LogP contribution is 2.33. The average molecular weight is 735 g/mol. The molecule has 53 heavy (non-hydrogen) atoms. The number of ether oxygens (including phenoxy) is 4. The number of aliphatic hydroxyl groups excluding tert-OH is 2. The lowest BCUT2D eigenvalue weighted by molar-refractivity contribution is -0.153. The first-order chi connectivity index (χ1) is 25.0. The zero-order valence-corrected chi connectivity index (χ0v) is 31.8. The number of phenols is 1. The molecular formula is C42H54O11. The van der Waals surface area contributed by atoms with Gasteiger partial charge in [-0.05, 0) is 127 Å². The average Bonchev–Trinajstić information content (AvgIpc) is 3.37. The van der Waals surface area contributed by atoms with E-state index in [1.165, 1.54) is 24.3 Å². The lowest BCUT2D eigenvalue weighted by Gasteiger charge is -2.19. The van der Waals surface area contributed by atoms with Gasteiger partial charge < -0.3 is 34.3 Å². The molecule has 0 aromatic heterocycles. The molecule has 288 valence electrons. The lowest BCUT2D eigenvalue weighted by atomic mass is 9.93. The topological polar surface area (TPSA) is 166 Å². The Labute approximate surface area is 312 Å². The van der Waals surface area contributed by atoms with Crippen LogP contribution in [0.25, 0.3) is 0 Å². The molecule has 3 aliphatic heterocycles. The smallest absolute Gasteiger partial charge is 0.342 e. The van der Waals surface area contributed by atoms with Crippen molar-refractivity contribution in [1.82, 2.24) is 0 Å². The van der Waals surface area contributed by atoms with E-state index in [4.69, 9.17) is 18.9 Å². The van der Waals surface area contributed by atoms with Gasteiger partial charge in [-0.2, -0.15) is 0 Å². The number of esters is 2. The predicted octanol–water partition coefficient (Wildman–Crippen LogP) is 6.04. The monoisotopic (exact) mass is 734 g/mol. The van der Waals surface area contributed by atoms with Crippen molar-refractivity contribution in [3.8, 4) is 5.75 Å². The minimum Gasteiger partial charge on any atom is -0.507 e. The molecule has 0 saturated carbocycles. The molecule has 11 heteroatoms. The standard InChI is InChI=1S/C23H30O5.C19H24O6/c1-14-12-15(2)20-17(13-14)9-7-11-19-21(28-23(4,5)27-19)18(24)10-6-8-16(3)26-22(20)25;1-11-9-13-6-4-8-15(21)18(23)14(20)7-3-5-12(2)25-19(24)17(13)16(22)10-11/h6,10,12-13,16,19,21H,7-9,11H2,1-5H3;3,7,9-10,12,15,18,21-23H,4-6,8H2,1-2H3/b10-6-;7-3-/t;12?,15-,18?/m.0/s1. The number of phenolic OH excluding ortho intramolecular Hbond substituents is 1. The number of cyclic esters (lactones) is 2. The first-order valence-corrected chi connectivity index (χ1v) is 18.4. The van der Waals surface area contributed by atoms with Crippen molar-refractivity contribution in [3.63, 3.8) is 0 Å². The summed E-state index contributed by atoms with van der Waals surface area (Å²) < 4.78 is 22.9. The van der Waals surface area contributed by atoms with Crippen molar-refractivity contribution < 1.29 is 53.4 Å². The van der Waals surface area contributed by atoms with E-state index in [-0.39, 0.29) is 48.1 Å². The molecule has 1 saturated heterocycles. The van der Waals surface area contributed by atoms with Crippen molar-refractivity contribution in [1.29, 1.82) is 0 Å². The van der Waals surface area contributed by atoms with E-state index in [1.807, 2.05) is 40.7 Å². The van der Waals surface area contributed by atoms with E-state index in [9.17, 15) is 34.5 Å². The molecule has 2 aromatic rings. The van der Waals surface area contributed by atoms with E-state index in [0.29, 0.717) is 36.8 Å². The molecule has 0 aliphatic carbocycles. The SMILES string of the molecule is Cc1cc(C)c2c(c1)CCCC1OC(C)(C)OC1C(=O)/C=C\CC(C)OC2=O.Cc1cc(O)c2c(c1)CCC[C@H](O)C(O)C(=O)/C=C\CC(C)OC2=O. The van der Waals surface area contributed by atoms with Crippen LogP contribution >= 0.6 is 0 Å². The number of rotatable bonds is 0. The van der Waals surface area contributed by atoms with Crippen LogP contribution in [0.4, 0.5) is 0 Å². The van der Waals surface area contributed by atoms with Crippen molar-refractivity contribution in [2.24, 2.45) is 0 Å². The van der Waals surface area contributed by atoms with Crippen LogP contribution < -0.4 is 0 Å². The second kappa shape index (κ2) is 18.2. The molecule has 0 amide bonds. The van der Waals surface area contributed by atoms with Crippen LogP contribution in [0.5, 0.6) is 5.75 Å². The van der Waals surface area contributed by atoms with E-state index >= 15 is 0 Å². The fourth-order valence-electron chi connectivity index (χ4n) is 6.97. The number of hydrogen-bond acceptors (Lipinski definition) is 11. The van der Waals surface area contributed by atoms with Crippen LogP contribution in [0, 0.1) is 20.8 Å². The molecule has 3 N–H and O–H groups in total. The van der Waals surface area contributed by atoms with E-state index in [0.717, 1.165) is 35.1 Å². The van der Waals surface area contributed by atoms with Crippen LogP contribution in [0.15, 0.2) is 48.6 Å². The Morgan fingerprint density at radius 2 is 1.23 bits per heavy atom. The van der Waals surface area contributed by atoms with E-state index in [2.05, 4.69) is 6.07 Å². The highest BCUT2D eigenvalue weighted by atomic mass is 16.8. The maximum Gasteiger partial charge on any atom is 0.342 e. The van der Waals surface area contributed by atoms with Crippen LogP contribution in [0.2, 0.25) is 0 Å². The summed E-state index contributed by atoms with van der Waals surface area (Å²) in [5.41, 5.74) is 5.26. The van der Waals surface area contributed by atoms with Gasteiger partial charge in [-0.1, -0.05) is 35.9 Å². The van der Waals surface area contributed by atoms with Gasteiger partial charge in [-0.25, -0.2) is 9.59 Å². The van der Waals surface area contributed by atoms with Crippen molar-refractivity contribution in [3.05, 3.63) is 87.5 Å². The lowest BCUT2D eigenvalue weighted by Crippen LogP contribution is -2.33. The molecule has 0 bridgehead atoms. The summed E-state index contributed by atoms with van der Waals surface area (Å²) in [5.74, 6) is -2.49. The largest absolute Gasteiger partial charge is 0.507 e. The molecule has 5 unspecified atom stereocenters. The van der Waals surface area contributed by atoms with Gasteiger partial charge in [0, 0.05) is 12.8 Å². The molecule has 1 fully saturated rings. The summed E-state index contributed by atoms with van der Waals surface area (Å²) in [5, 5.41) is 30.0. The number of aromatic hydroxyl groups is 1. The predicted molar refractivity (Wildman–Crippen MR) is 198 cm³/mol. The number of carbonyl (C=O) groups excluding carboxylic acids is 4. The summed E-state index contributed by atoms with van der Waals surface area (Å²) in [4.78, 5) is 49.7. The number of hydrogen-bond donors (Lipinski definition) is 3. The first kappa shape index (κ1) is 41.6. The van der Waals surface area contributed by atoms with Crippen molar-refractivity contribution >= 4 is 23.5 Å². The van der Waals surface area contributed by atoms with Crippen LogP contribution in [0.1, 0.15) is 115 Å². The van der Waals surface area contributed by atoms with Crippen LogP contribution in [-0.4, -0.2) is 81.2 Å². The van der Waals surface area contributed by atoms with Gasteiger partial charge in [0.1, 0.15) is 35.7 Å². The molecule has 6 atom stereocenters. The quantitative estimate of drug-likeness (QED) is 0.270. The number of benzene rings is 2. The second-order valence-corrected chi connectivity index (χ2v) is 14.8. The second-order valence-electron chi connectivity index (χ2n) is 14.8. The summed E-state index contributed by atoms with van der Waals surface area (Å²) in [6, 6.07) is 7.36. The van der Waals surface area contributed by atoms with Gasteiger partial charge in [0.05, 0.1) is 17.8 Å². The van der Waals surface area contributed by atoms with Crippen molar-refractivity contribution in [2.75, 3.05) is 0 Å². The van der Waals surface area contributed by atoms with Crippen molar-refractivity contribution in [2.45, 2.75) is 142 Å². The van der Waals surface area contributed by atoms with E-state index < -0.39 is 42.0 Å². The molecule has 3 heterocycles. The fraction of sp³-hybridized carbons (Fsp3) is 0.524. The minimum absolute atomic E-state index is 0.0988. The zero-order chi connectivity index (χ0) is 39.0. The fourth-order valence-corrected chi connectivity index (χ4v) is 6.97. The van der Waals surface area contributed by atoms with Crippen LogP contribution in [-0.2, 0) is 41.4 Å². The zero-order valence-electron chi connectivity index (χ0n) is 31.8. The third-order valence-electron chi connectivity index (χ3n) is 9.43. The Hall–Kier alpha value is -4.16. The molecule has 3 aliphatic rings. The van der Waals surface area contributed by atoms with Crippen LogP contribution in [0.3, 0.4) is 0 Å². The molecule has 11 nitrogen and oxygen atoms in total. The Kier molecular flexibility index (Phi) is 14.3. The minimum atomic E-state index is -1.47. The van der Waals surface area contributed by atoms with Gasteiger partial charge in [-0.3, -0.25) is 9.59 Å². The molecule has 0 radical (unpaired) electrons. The maximum absolute atomic E-state index is 12.8. The van der Waals surface area contributed by atoms with Gasteiger partial charge in [-0.15, -0.1) is 0 Å². The number of aryl methyl sites for hydroxylation is 5. The molecule has 2 aromatic carbocycles. The van der Waals surface area contributed by atoms with Gasteiger partial charge in [0.15, 0.2) is 17.4 Å². The third kappa shape index (κ3) is 11.4. The first-order valence-electron chi connectivity index (χ1n) is 18.4. The highest BCUT2D eigenvalue weighted by molar-refractivity contribution is 5.95. The Morgan fingerprint density at radius 3 is 1.85 bits per heavy atom. The summed E-state index contributed by atoms with van der Waals surface area (Å²) >= 11 is 0. The Morgan fingerprint density at radius 1 is 0.698 bits per heavy atom. The Bertz CT molecular complexity index is 1720. The molecular weight excluding hydrogens is 680 g/mol. The number of aliphatic hydroxyl groups is 2. The highest BCUT2D eigenvalue weighted by Gasteiger charge is 2.44. The Balaban J connectivity index is 0.000000238. The van der Waals surface area contributed by atoms with Gasteiger partial charge in [0.2, 0.25) is 0 Å². The normalized spacial score (nSPS) is 28.3. The van der Waals surface area contributed by atoms with E-state index in [1.54, 1.807) is 26.0 Å².